The summed E-state index contributed by atoms with van der Waals surface area (Å²) in [6, 6.07) is 0.229. The molecule has 0 bridgehead atoms. The van der Waals surface area contributed by atoms with Gasteiger partial charge in [-0.15, -0.1) is 0 Å². The minimum Gasteiger partial charge on any atom is -0.444 e. The van der Waals surface area contributed by atoms with Crippen LogP contribution >= 0.6 is 11.6 Å². The second kappa shape index (κ2) is 9.00. The molecule has 168 valence electrons. The number of amides is 1. The molecule has 31 heavy (non-hydrogen) atoms. The summed E-state index contributed by atoms with van der Waals surface area (Å²) in [6.07, 6.45) is 7.04. The van der Waals surface area contributed by atoms with E-state index in [4.69, 9.17) is 21.1 Å². The van der Waals surface area contributed by atoms with Crippen molar-refractivity contribution in [3.8, 4) is 11.1 Å². The Balaban J connectivity index is 1.46. The molecule has 0 N–H and O–H groups in total. The van der Waals surface area contributed by atoms with E-state index < -0.39 is 5.60 Å². The quantitative estimate of drug-likeness (QED) is 0.665. The van der Waals surface area contributed by atoms with Crippen LogP contribution in [0.3, 0.4) is 0 Å². The number of carbonyl (C=O) groups excluding carboxylic acids is 1. The zero-order valence-corrected chi connectivity index (χ0v) is 19.0. The van der Waals surface area contributed by atoms with Gasteiger partial charge in [-0.05, 0) is 45.2 Å². The van der Waals surface area contributed by atoms with Crippen LogP contribution in [-0.4, -0.2) is 75.7 Å². The number of likely N-dealkylation sites (tertiary alicyclic amines) is 1. The summed E-state index contributed by atoms with van der Waals surface area (Å²) in [5, 5.41) is 4.83. The number of rotatable bonds is 3. The van der Waals surface area contributed by atoms with Crippen molar-refractivity contribution >= 4 is 23.5 Å². The van der Waals surface area contributed by atoms with Crippen LogP contribution < -0.4 is 4.90 Å². The normalized spacial score (nSPS) is 18.3. The van der Waals surface area contributed by atoms with Gasteiger partial charge in [-0.3, -0.25) is 4.68 Å². The monoisotopic (exact) mass is 448 g/mol. The van der Waals surface area contributed by atoms with Gasteiger partial charge >= 0.3 is 6.09 Å². The first kappa shape index (κ1) is 21.8. The molecule has 2 saturated heterocycles. The van der Waals surface area contributed by atoms with Crippen LogP contribution in [0.1, 0.15) is 39.7 Å². The minimum absolute atomic E-state index is 0.229. The molecular formula is C21H29ClN6O3. The summed E-state index contributed by atoms with van der Waals surface area (Å²) in [5.41, 5.74) is 1.38. The fourth-order valence-electron chi connectivity index (χ4n) is 3.89. The van der Waals surface area contributed by atoms with E-state index >= 15 is 0 Å². The maximum atomic E-state index is 12.3. The molecule has 2 aliphatic rings. The predicted molar refractivity (Wildman–Crippen MR) is 117 cm³/mol. The van der Waals surface area contributed by atoms with Gasteiger partial charge in [0, 0.05) is 49.7 Å². The van der Waals surface area contributed by atoms with Gasteiger partial charge in [0.25, 0.3) is 0 Å². The Morgan fingerprint density at radius 2 is 1.87 bits per heavy atom. The van der Waals surface area contributed by atoms with Crippen molar-refractivity contribution in [1.82, 2.24) is 24.6 Å². The van der Waals surface area contributed by atoms with Crippen LogP contribution in [0.5, 0.6) is 0 Å². The molecule has 0 aromatic carbocycles. The number of ether oxygens (including phenoxy) is 2. The van der Waals surface area contributed by atoms with Gasteiger partial charge < -0.3 is 19.3 Å². The molecule has 4 heterocycles. The zero-order valence-electron chi connectivity index (χ0n) is 18.3. The predicted octanol–water partition coefficient (Wildman–Crippen LogP) is 3.40. The molecule has 0 unspecified atom stereocenters. The first-order chi connectivity index (χ1) is 14.8. The lowest BCUT2D eigenvalue weighted by atomic mass is 10.1. The Labute approximate surface area is 187 Å². The first-order valence-corrected chi connectivity index (χ1v) is 11.1. The summed E-state index contributed by atoms with van der Waals surface area (Å²) >= 11 is 6.09. The number of morpholine rings is 1. The van der Waals surface area contributed by atoms with E-state index in [0.717, 1.165) is 42.9 Å². The number of nitrogens with zero attached hydrogens (tertiary/aromatic N) is 6. The highest BCUT2D eigenvalue weighted by molar-refractivity contribution is 6.28. The van der Waals surface area contributed by atoms with Gasteiger partial charge in [-0.1, -0.05) is 0 Å². The number of hydrogen-bond donors (Lipinski definition) is 0. The van der Waals surface area contributed by atoms with Gasteiger partial charge in [-0.2, -0.15) is 10.1 Å². The largest absolute Gasteiger partial charge is 0.444 e. The maximum Gasteiger partial charge on any atom is 0.410 e. The van der Waals surface area contributed by atoms with Gasteiger partial charge in [0.05, 0.1) is 25.5 Å². The Morgan fingerprint density at radius 1 is 1.16 bits per heavy atom. The van der Waals surface area contributed by atoms with E-state index in [0.29, 0.717) is 26.3 Å². The molecule has 0 saturated carbocycles. The Kier molecular flexibility index (Phi) is 6.34. The third-order valence-electron chi connectivity index (χ3n) is 5.45. The van der Waals surface area contributed by atoms with Crippen LogP contribution in [0.2, 0.25) is 5.28 Å². The van der Waals surface area contributed by atoms with Gasteiger partial charge in [0.2, 0.25) is 5.28 Å². The molecule has 0 spiro atoms. The first-order valence-electron chi connectivity index (χ1n) is 10.7. The number of piperidine rings is 1. The molecule has 10 heteroatoms. The second-order valence-corrected chi connectivity index (χ2v) is 9.22. The number of hydrogen-bond acceptors (Lipinski definition) is 7. The number of anilines is 1. The summed E-state index contributed by atoms with van der Waals surface area (Å²) in [6.45, 7) is 9.80. The van der Waals surface area contributed by atoms with Crippen LogP contribution in [0.15, 0.2) is 18.6 Å². The van der Waals surface area contributed by atoms with Crippen molar-refractivity contribution in [2.75, 3.05) is 44.3 Å². The average Bonchev–Trinajstić information content (AvgIpc) is 3.23. The van der Waals surface area contributed by atoms with Crippen molar-refractivity contribution in [2.45, 2.75) is 45.3 Å². The molecule has 9 nitrogen and oxygen atoms in total. The van der Waals surface area contributed by atoms with Crippen molar-refractivity contribution in [3.05, 3.63) is 23.9 Å². The van der Waals surface area contributed by atoms with E-state index in [1.54, 1.807) is 11.1 Å². The molecule has 4 rings (SSSR count). The molecule has 2 aromatic heterocycles. The zero-order chi connectivity index (χ0) is 22.0. The summed E-state index contributed by atoms with van der Waals surface area (Å²) in [7, 11) is 0. The Bertz CT molecular complexity index is 914. The molecular weight excluding hydrogens is 420 g/mol. The van der Waals surface area contributed by atoms with Gasteiger partial charge in [0.1, 0.15) is 11.4 Å². The maximum absolute atomic E-state index is 12.3. The highest BCUT2D eigenvalue weighted by Gasteiger charge is 2.28. The van der Waals surface area contributed by atoms with Crippen LogP contribution in [-0.2, 0) is 9.47 Å². The van der Waals surface area contributed by atoms with Crippen molar-refractivity contribution in [1.29, 1.82) is 0 Å². The standard InChI is InChI=1S/C21H29ClN6O3/c1-21(2,3)31-20(29)27-6-4-16(5-7-27)28-14-15(12-24-28)17-13-23-19(22)25-18(17)26-8-10-30-11-9-26/h12-14,16H,4-11H2,1-3H3. The van der Waals surface area contributed by atoms with E-state index in [-0.39, 0.29) is 17.4 Å². The van der Waals surface area contributed by atoms with E-state index in [1.807, 2.05) is 37.8 Å². The topological polar surface area (TPSA) is 85.6 Å². The van der Waals surface area contributed by atoms with Gasteiger partial charge in [-0.25, -0.2) is 9.78 Å². The fourth-order valence-corrected chi connectivity index (χ4v) is 4.02. The molecule has 1 amide bonds. The molecule has 0 atom stereocenters. The number of halogens is 1. The number of carbonyl (C=O) groups is 1. The highest BCUT2D eigenvalue weighted by Crippen LogP contribution is 2.32. The second-order valence-electron chi connectivity index (χ2n) is 8.88. The lowest BCUT2D eigenvalue weighted by molar-refractivity contribution is 0.0185. The van der Waals surface area contributed by atoms with Crippen LogP contribution in [0, 0.1) is 0 Å². The third-order valence-corrected chi connectivity index (χ3v) is 5.63. The lowest BCUT2D eigenvalue weighted by Crippen LogP contribution is -2.42. The Hall–Kier alpha value is -2.39. The molecule has 2 fully saturated rings. The third kappa shape index (κ3) is 5.27. The van der Waals surface area contributed by atoms with Gasteiger partial charge in [0.15, 0.2) is 0 Å². The summed E-state index contributed by atoms with van der Waals surface area (Å²) in [4.78, 5) is 24.9. The van der Waals surface area contributed by atoms with Crippen molar-refractivity contribution in [3.63, 3.8) is 0 Å². The smallest absolute Gasteiger partial charge is 0.410 e. The highest BCUT2D eigenvalue weighted by atomic mass is 35.5. The van der Waals surface area contributed by atoms with Crippen molar-refractivity contribution < 1.29 is 14.3 Å². The van der Waals surface area contributed by atoms with Crippen LogP contribution in [0.4, 0.5) is 10.6 Å². The number of aromatic nitrogens is 4. The van der Waals surface area contributed by atoms with Crippen LogP contribution in [0.25, 0.3) is 11.1 Å². The molecule has 2 aliphatic heterocycles. The fraction of sp³-hybridized carbons (Fsp3) is 0.619. The summed E-state index contributed by atoms with van der Waals surface area (Å²) in [5.74, 6) is 0.808. The lowest BCUT2D eigenvalue weighted by Gasteiger charge is -2.33. The van der Waals surface area contributed by atoms with E-state index in [1.165, 1.54) is 0 Å². The SMILES string of the molecule is CC(C)(C)OC(=O)N1CCC(n2cc(-c3cnc(Cl)nc3N3CCOCC3)cn2)CC1. The minimum atomic E-state index is -0.482. The molecule has 0 aliphatic carbocycles. The molecule has 0 radical (unpaired) electrons. The molecule has 2 aromatic rings. The van der Waals surface area contributed by atoms with Crippen molar-refractivity contribution in [2.24, 2.45) is 0 Å². The summed E-state index contributed by atoms with van der Waals surface area (Å²) < 4.78 is 12.9. The average molecular weight is 449 g/mol. The van der Waals surface area contributed by atoms with E-state index in [2.05, 4.69) is 20.0 Å². The van der Waals surface area contributed by atoms with E-state index in [9.17, 15) is 4.79 Å². The Morgan fingerprint density at radius 3 is 2.55 bits per heavy atom.